The molecule has 0 spiro atoms. The lowest BCUT2D eigenvalue weighted by molar-refractivity contribution is 0.167. The Labute approximate surface area is 216 Å². The smallest absolute Gasteiger partial charge is 0.191 e. The lowest BCUT2D eigenvalue weighted by atomic mass is 10.0. The molecule has 0 aliphatic carbocycles. The maximum Gasteiger partial charge on any atom is 0.191 e. The highest BCUT2D eigenvalue weighted by atomic mass is 127. The molecule has 3 rings (SSSR count). The van der Waals surface area contributed by atoms with Crippen LogP contribution in [0.3, 0.4) is 0 Å². The van der Waals surface area contributed by atoms with Gasteiger partial charge in [0.2, 0.25) is 0 Å². The van der Waals surface area contributed by atoms with Gasteiger partial charge in [0, 0.05) is 31.7 Å². The average Bonchev–Trinajstić information content (AvgIpc) is 2.82. The summed E-state index contributed by atoms with van der Waals surface area (Å²) in [6, 6.07) is 17.2. The number of methoxy groups -OCH3 is 1. The van der Waals surface area contributed by atoms with Crippen LogP contribution in [0.4, 0.5) is 0 Å². The highest BCUT2D eigenvalue weighted by Gasteiger charge is 2.21. The van der Waals surface area contributed by atoms with Crippen LogP contribution in [0, 0.1) is 0 Å². The zero-order chi connectivity index (χ0) is 22.8. The largest absolute Gasteiger partial charge is 0.493 e. The fourth-order valence-electron chi connectivity index (χ4n) is 3.91. The van der Waals surface area contributed by atoms with E-state index in [0.29, 0.717) is 25.2 Å². The molecular formula is C26H39IN4O2. The van der Waals surface area contributed by atoms with Crippen molar-refractivity contribution in [3.8, 4) is 11.5 Å². The molecule has 0 radical (unpaired) electrons. The summed E-state index contributed by atoms with van der Waals surface area (Å²) in [5.41, 5.74) is 2.21. The second kappa shape index (κ2) is 14.3. The molecule has 0 bridgehead atoms. The van der Waals surface area contributed by atoms with Crippen molar-refractivity contribution in [2.45, 2.75) is 58.8 Å². The van der Waals surface area contributed by atoms with Crippen molar-refractivity contribution >= 4 is 29.9 Å². The van der Waals surface area contributed by atoms with Crippen molar-refractivity contribution in [1.82, 2.24) is 15.5 Å². The summed E-state index contributed by atoms with van der Waals surface area (Å²) >= 11 is 0. The van der Waals surface area contributed by atoms with E-state index in [1.807, 2.05) is 30.3 Å². The standard InChI is InChI=1S/C26H38N4O2.HI/c1-5-27-26(29-23-13-15-30(16-14-23)20(2)3)28-18-22-11-12-24(25(17-22)31-4)32-19-21-9-7-6-8-10-21;/h6-12,17,20,23H,5,13-16,18-19H2,1-4H3,(H2,27,28,29);1H. The van der Waals surface area contributed by atoms with Gasteiger partial charge in [0.25, 0.3) is 0 Å². The minimum atomic E-state index is 0. The van der Waals surface area contributed by atoms with Crippen LogP contribution >= 0.6 is 24.0 Å². The Morgan fingerprint density at radius 3 is 2.42 bits per heavy atom. The lowest BCUT2D eigenvalue weighted by Crippen LogP contribution is -2.49. The minimum Gasteiger partial charge on any atom is -0.493 e. The van der Waals surface area contributed by atoms with E-state index in [9.17, 15) is 0 Å². The molecule has 6 nitrogen and oxygen atoms in total. The van der Waals surface area contributed by atoms with Crippen LogP contribution in [-0.4, -0.2) is 49.7 Å². The molecule has 1 fully saturated rings. The predicted molar refractivity (Wildman–Crippen MR) is 147 cm³/mol. The summed E-state index contributed by atoms with van der Waals surface area (Å²) in [5.74, 6) is 2.34. The van der Waals surface area contributed by atoms with E-state index in [-0.39, 0.29) is 24.0 Å². The number of hydrogen-bond acceptors (Lipinski definition) is 4. The van der Waals surface area contributed by atoms with Gasteiger partial charge in [0.05, 0.1) is 13.7 Å². The Morgan fingerprint density at radius 2 is 1.79 bits per heavy atom. The lowest BCUT2D eigenvalue weighted by Gasteiger charge is -2.35. The summed E-state index contributed by atoms with van der Waals surface area (Å²) in [4.78, 5) is 7.35. The highest BCUT2D eigenvalue weighted by molar-refractivity contribution is 14.0. The molecule has 33 heavy (non-hydrogen) atoms. The fourth-order valence-corrected chi connectivity index (χ4v) is 3.91. The first-order chi connectivity index (χ1) is 15.6. The number of hydrogen-bond donors (Lipinski definition) is 2. The summed E-state index contributed by atoms with van der Waals surface area (Å²) in [5, 5.41) is 7.00. The zero-order valence-electron chi connectivity index (χ0n) is 20.3. The van der Waals surface area contributed by atoms with Crippen LogP contribution in [0.25, 0.3) is 0 Å². The van der Waals surface area contributed by atoms with Crippen molar-refractivity contribution < 1.29 is 9.47 Å². The number of nitrogens with zero attached hydrogens (tertiary/aromatic N) is 2. The van der Waals surface area contributed by atoms with Gasteiger partial charge in [0.15, 0.2) is 17.5 Å². The Balaban J connectivity index is 0.00000385. The van der Waals surface area contributed by atoms with Gasteiger partial charge in [-0.2, -0.15) is 0 Å². The summed E-state index contributed by atoms with van der Waals surface area (Å²) in [7, 11) is 1.67. The molecule has 0 aromatic heterocycles. The van der Waals surface area contributed by atoms with Gasteiger partial charge >= 0.3 is 0 Å². The molecule has 0 saturated carbocycles. The maximum atomic E-state index is 5.97. The van der Waals surface area contributed by atoms with Crippen LogP contribution in [0.2, 0.25) is 0 Å². The minimum absolute atomic E-state index is 0. The second-order valence-electron chi connectivity index (χ2n) is 8.50. The van der Waals surface area contributed by atoms with Gasteiger partial charge in [-0.15, -0.1) is 24.0 Å². The molecule has 1 aliphatic rings. The zero-order valence-corrected chi connectivity index (χ0v) is 22.7. The van der Waals surface area contributed by atoms with E-state index in [1.54, 1.807) is 7.11 Å². The summed E-state index contributed by atoms with van der Waals surface area (Å²) in [6.07, 6.45) is 2.29. The quantitative estimate of drug-likeness (QED) is 0.259. The van der Waals surface area contributed by atoms with Gasteiger partial charge in [-0.1, -0.05) is 36.4 Å². The van der Waals surface area contributed by atoms with Crippen LogP contribution < -0.4 is 20.1 Å². The van der Waals surface area contributed by atoms with Crippen LogP contribution in [-0.2, 0) is 13.2 Å². The molecule has 2 N–H and O–H groups in total. The summed E-state index contributed by atoms with van der Waals surface area (Å²) < 4.78 is 11.5. The van der Waals surface area contributed by atoms with Crippen molar-refractivity contribution in [3.63, 3.8) is 0 Å². The van der Waals surface area contributed by atoms with Crippen LogP contribution in [0.15, 0.2) is 53.5 Å². The number of halogens is 1. The van der Waals surface area contributed by atoms with Gasteiger partial charge in [-0.05, 0) is 56.9 Å². The molecular weight excluding hydrogens is 527 g/mol. The van der Waals surface area contributed by atoms with E-state index in [4.69, 9.17) is 14.5 Å². The number of guanidine groups is 1. The van der Waals surface area contributed by atoms with Crippen LogP contribution in [0.1, 0.15) is 44.7 Å². The van der Waals surface area contributed by atoms with Gasteiger partial charge in [0.1, 0.15) is 6.61 Å². The fraction of sp³-hybridized carbons (Fsp3) is 0.500. The highest BCUT2D eigenvalue weighted by Crippen LogP contribution is 2.29. The molecule has 2 aromatic rings. The predicted octanol–water partition coefficient (Wildman–Crippen LogP) is 4.82. The van der Waals surface area contributed by atoms with Crippen molar-refractivity contribution in [3.05, 3.63) is 59.7 Å². The van der Waals surface area contributed by atoms with E-state index in [0.717, 1.165) is 61.1 Å². The third kappa shape index (κ3) is 8.70. The van der Waals surface area contributed by atoms with Gasteiger partial charge in [-0.25, -0.2) is 4.99 Å². The normalized spacial score (nSPS) is 15.1. The molecule has 0 amide bonds. The van der Waals surface area contributed by atoms with E-state index in [2.05, 4.69) is 54.5 Å². The topological polar surface area (TPSA) is 58.1 Å². The first-order valence-corrected chi connectivity index (χ1v) is 11.7. The molecule has 1 heterocycles. The SMILES string of the molecule is CCNC(=NCc1ccc(OCc2ccccc2)c(OC)c1)NC1CCN(C(C)C)CC1.I. The van der Waals surface area contributed by atoms with Crippen molar-refractivity contribution in [1.29, 1.82) is 0 Å². The number of rotatable bonds is 9. The van der Waals surface area contributed by atoms with Gasteiger partial charge in [-0.3, -0.25) is 0 Å². The molecule has 2 aromatic carbocycles. The second-order valence-corrected chi connectivity index (χ2v) is 8.50. The average molecular weight is 567 g/mol. The third-order valence-electron chi connectivity index (χ3n) is 5.83. The Morgan fingerprint density at radius 1 is 1.06 bits per heavy atom. The molecule has 1 saturated heterocycles. The number of piperidine rings is 1. The Hall–Kier alpha value is -2.00. The number of ether oxygens (including phenoxy) is 2. The van der Waals surface area contributed by atoms with Crippen LogP contribution in [0.5, 0.6) is 11.5 Å². The number of benzene rings is 2. The molecule has 0 atom stereocenters. The number of aliphatic imine (C=N–C) groups is 1. The summed E-state index contributed by atoms with van der Waals surface area (Å²) in [6.45, 7) is 10.8. The molecule has 182 valence electrons. The van der Waals surface area contributed by atoms with E-state index >= 15 is 0 Å². The molecule has 7 heteroatoms. The number of nitrogens with one attached hydrogen (secondary N) is 2. The maximum absolute atomic E-state index is 5.97. The Bertz CT molecular complexity index is 853. The molecule has 1 aliphatic heterocycles. The first-order valence-electron chi connectivity index (χ1n) is 11.7. The van der Waals surface area contributed by atoms with E-state index < -0.39 is 0 Å². The van der Waals surface area contributed by atoms with E-state index in [1.165, 1.54) is 0 Å². The van der Waals surface area contributed by atoms with Crippen molar-refractivity contribution in [2.24, 2.45) is 4.99 Å². The first kappa shape index (κ1) is 27.2. The Kier molecular flexibility index (Phi) is 11.8. The monoisotopic (exact) mass is 566 g/mol. The van der Waals surface area contributed by atoms with Gasteiger partial charge < -0.3 is 25.0 Å². The number of likely N-dealkylation sites (tertiary alicyclic amines) is 1. The third-order valence-corrected chi connectivity index (χ3v) is 5.83. The van der Waals surface area contributed by atoms with Crippen molar-refractivity contribution in [2.75, 3.05) is 26.7 Å². The molecule has 0 unspecified atom stereocenters.